The summed E-state index contributed by atoms with van der Waals surface area (Å²) in [6.07, 6.45) is 2.58. The highest BCUT2D eigenvalue weighted by molar-refractivity contribution is 7.11. The lowest BCUT2D eigenvalue weighted by Gasteiger charge is -2.32. The molecule has 3 aromatic rings. The van der Waals surface area contributed by atoms with Gasteiger partial charge in [-0.2, -0.15) is 0 Å². The van der Waals surface area contributed by atoms with E-state index < -0.39 is 0 Å². The summed E-state index contributed by atoms with van der Waals surface area (Å²) >= 11 is 1.40. The number of hydrogen-bond donors (Lipinski definition) is 0. The number of nitrogens with zero attached hydrogens (tertiary/aromatic N) is 3. The van der Waals surface area contributed by atoms with E-state index in [0.29, 0.717) is 13.0 Å². The second kappa shape index (κ2) is 8.19. The molecule has 1 aliphatic heterocycles. The zero-order valence-corrected chi connectivity index (χ0v) is 16.6. The Morgan fingerprint density at radius 3 is 2.93 bits per heavy atom. The summed E-state index contributed by atoms with van der Waals surface area (Å²) < 4.78 is 13.4. The van der Waals surface area contributed by atoms with Crippen LogP contribution in [0, 0.1) is 12.7 Å². The monoisotopic (exact) mass is 395 g/mol. The highest BCUT2D eigenvalue weighted by Crippen LogP contribution is 2.28. The van der Waals surface area contributed by atoms with E-state index in [0.717, 1.165) is 46.9 Å². The number of hydrogen-bond acceptors (Lipinski definition) is 4. The number of amides is 1. The van der Waals surface area contributed by atoms with Crippen molar-refractivity contribution in [1.82, 2.24) is 14.9 Å². The molecule has 28 heavy (non-hydrogen) atoms. The number of halogens is 1. The van der Waals surface area contributed by atoms with Gasteiger partial charge in [-0.05, 0) is 49.6 Å². The first-order valence-electron chi connectivity index (χ1n) is 9.50. The van der Waals surface area contributed by atoms with E-state index in [1.807, 2.05) is 36.1 Å². The fraction of sp³-hybridized carbons (Fsp3) is 0.318. The molecule has 0 aliphatic carbocycles. The van der Waals surface area contributed by atoms with Crippen molar-refractivity contribution in [3.63, 3.8) is 0 Å². The molecule has 3 heterocycles. The van der Waals surface area contributed by atoms with Gasteiger partial charge in [0.05, 0.1) is 11.2 Å². The van der Waals surface area contributed by atoms with Gasteiger partial charge in [-0.1, -0.05) is 18.2 Å². The zero-order chi connectivity index (χ0) is 19.5. The van der Waals surface area contributed by atoms with Crippen LogP contribution in [0.2, 0.25) is 0 Å². The summed E-state index contributed by atoms with van der Waals surface area (Å²) in [4.78, 5) is 24.5. The van der Waals surface area contributed by atoms with Crippen LogP contribution in [-0.2, 0) is 6.42 Å². The lowest BCUT2D eigenvalue weighted by atomic mass is 9.93. The van der Waals surface area contributed by atoms with Gasteiger partial charge in [0.1, 0.15) is 10.7 Å². The van der Waals surface area contributed by atoms with Crippen molar-refractivity contribution in [2.75, 3.05) is 13.1 Å². The number of aromatic nitrogens is 2. The SMILES string of the molecule is Cc1ncsc1C(=O)N1CCC[C@H](c2cccc(Cc3cccc(F)c3)n2)C1. The average Bonchev–Trinajstić information content (AvgIpc) is 3.14. The summed E-state index contributed by atoms with van der Waals surface area (Å²) in [7, 11) is 0. The molecule has 0 saturated carbocycles. The van der Waals surface area contributed by atoms with Crippen LogP contribution in [0.4, 0.5) is 4.39 Å². The van der Waals surface area contributed by atoms with E-state index in [1.165, 1.54) is 17.4 Å². The Balaban J connectivity index is 1.49. The number of aryl methyl sites for hydroxylation is 1. The van der Waals surface area contributed by atoms with Gasteiger partial charge >= 0.3 is 0 Å². The molecular formula is C22H22FN3OS. The zero-order valence-electron chi connectivity index (χ0n) is 15.8. The molecule has 144 valence electrons. The topological polar surface area (TPSA) is 46.1 Å². The molecule has 1 saturated heterocycles. The second-order valence-electron chi connectivity index (χ2n) is 7.22. The standard InChI is InChI=1S/C22H22FN3OS/c1-15-21(28-14-24-15)22(27)26-10-4-6-17(13-26)20-9-3-8-19(25-20)12-16-5-2-7-18(23)11-16/h2-3,5,7-9,11,14,17H,4,6,10,12-13H2,1H3/t17-/m0/s1. The van der Waals surface area contributed by atoms with E-state index in [1.54, 1.807) is 17.6 Å². The highest BCUT2D eigenvalue weighted by Gasteiger charge is 2.28. The van der Waals surface area contributed by atoms with Gasteiger partial charge in [0.25, 0.3) is 5.91 Å². The fourth-order valence-electron chi connectivity index (χ4n) is 3.73. The maximum absolute atomic E-state index is 13.4. The molecular weight excluding hydrogens is 373 g/mol. The van der Waals surface area contributed by atoms with Crippen LogP contribution in [0.3, 0.4) is 0 Å². The van der Waals surface area contributed by atoms with Crippen LogP contribution in [0.25, 0.3) is 0 Å². The Hall–Kier alpha value is -2.60. The van der Waals surface area contributed by atoms with Crippen molar-refractivity contribution >= 4 is 17.2 Å². The van der Waals surface area contributed by atoms with Crippen LogP contribution in [0.1, 0.15) is 51.1 Å². The molecule has 0 radical (unpaired) electrons. The molecule has 0 bridgehead atoms. The Morgan fingerprint density at radius 1 is 1.29 bits per heavy atom. The number of benzene rings is 1. The van der Waals surface area contributed by atoms with Crippen LogP contribution >= 0.6 is 11.3 Å². The molecule has 1 aliphatic rings. The number of carbonyl (C=O) groups is 1. The lowest BCUT2D eigenvalue weighted by molar-refractivity contribution is 0.0710. The van der Waals surface area contributed by atoms with E-state index in [-0.39, 0.29) is 17.6 Å². The molecule has 0 spiro atoms. The van der Waals surface area contributed by atoms with E-state index in [4.69, 9.17) is 4.98 Å². The average molecular weight is 396 g/mol. The normalized spacial score (nSPS) is 16.9. The maximum Gasteiger partial charge on any atom is 0.265 e. The van der Waals surface area contributed by atoms with Crippen LogP contribution in [-0.4, -0.2) is 33.9 Å². The van der Waals surface area contributed by atoms with Gasteiger partial charge in [0, 0.05) is 36.8 Å². The predicted octanol–water partition coefficient (Wildman–Crippen LogP) is 4.60. The number of pyridine rings is 1. The maximum atomic E-state index is 13.4. The number of carbonyl (C=O) groups excluding carboxylic acids is 1. The Kier molecular flexibility index (Phi) is 5.48. The smallest absolute Gasteiger partial charge is 0.265 e. The lowest BCUT2D eigenvalue weighted by Crippen LogP contribution is -2.39. The second-order valence-corrected chi connectivity index (χ2v) is 8.07. The molecule has 2 aromatic heterocycles. The molecule has 4 nitrogen and oxygen atoms in total. The number of likely N-dealkylation sites (tertiary alicyclic amines) is 1. The first kappa shape index (κ1) is 18.7. The van der Waals surface area contributed by atoms with Crippen LogP contribution in [0.15, 0.2) is 48.0 Å². The Labute approximate surface area is 168 Å². The summed E-state index contributed by atoms with van der Waals surface area (Å²) in [5.74, 6) is 0.0625. The Morgan fingerprint density at radius 2 is 2.14 bits per heavy atom. The molecule has 1 amide bonds. The summed E-state index contributed by atoms with van der Waals surface area (Å²) in [6, 6.07) is 12.6. The molecule has 4 rings (SSSR count). The number of piperidine rings is 1. The quantitative estimate of drug-likeness (QED) is 0.649. The van der Waals surface area contributed by atoms with Gasteiger partial charge in [-0.3, -0.25) is 9.78 Å². The van der Waals surface area contributed by atoms with Gasteiger partial charge in [0.15, 0.2) is 0 Å². The molecule has 1 fully saturated rings. The van der Waals surface area contributed by atoms with Crippen molar-refractivity contribution in [2.45, 2.75) is 32.1 Å². The van der Waals surface area contributed by atoms with Gasteiger partial charge in [-0.15, -0.1) is 11.3 Å². The van der Waals surface area contributed by atoms with Crippen molar-refractivity contribution in [2.24, 2.45) is 0 Å². The van der Waals surface area contributed by atoms with Crippen molar-refractivity contribution in [1.29, 1.82) is 0 Å². The minimum atomic E-state index is -0.228. The molecule has 6 heteroatoms. The van der Waals surface area contributed by atoms with Crippen molar-refractivity contribution in [3.05, 3.63) is 81.3 Å². The minimum absolute atomic E-state index is 0.0700. The van der Waals surface area contributed by atoms with E-state index >= 15 is 0 Å². The fourth-order valence-corrected chi connectivity index (χ4v) is 4.50. The van der Waals surface area contributed by atoms with Gasteiger partial charge in [0.2, 0.25) is 0 Å². The predicted molar refractivity (Wildman–Crippen MR) is 108 cm³/mol. The Bertz CT molecular complexity index is 987. The highest BCUT2D eigenvalue weighted by atomic mass is 32.1. The largest absolute Gasteiger partial charge is 0.337 e. The van der Waals surface area contributed by atoms with Crippen molar-refractivity contribution < 1.29 is 9.18 Å². The first-order chi connectivity index (χ1) is 13.6. The van der Waals surface area contributed by atoms with E-state index in [9.17, 15) is 9.18 Å². The third kappa shape index (κ3) is 4.12. The van der Waals surface area contributed by atoms with Crippen LogP contribution in [0.5, 0.6) is 0 Å². The number of thiazole rings is 1. The number of rotatable bonds is 4. The molecule has 1 aromatic carbocycles. The molecule has 0 unspecified atom stereocenters. The third-order valence-corrected chi connectivity index (χ3v) is 6.09. The summed E-state index contributed by atoms with van der Waals surface area (Å²) in [5.41, 5.74) is 5.36. The third-order valence-electron chi connectivity index (χ3n) is 5.17. The van der Waals surface area contributed by atoms with Gasteiger partial charge < -0.3 is 4.90 Å². The molecule has 0 N–H and O–H groups in total. The van der Waals surface area contributed by atoms with Crippen molar-refractivity contribution in [3.8, 4) is 0 Å². The van der Waals surface area contributed by atoms with Gasteiger partial charge in [-0.25, -0.2) is 9.37 Å². The first-order valence-corrected chi connectivity index (χ1v) is 10.4. The van der Waals surface area contributed by atoms with Crippen LogP contribution < -0.4 is 0 Å². The molecule has 1 atom stereocenters. The summed E-state index contributed by atoms with van der Waals surface area (Å²) in [5, 5.41) is 0. The van der Waals surface area contributed by atoms with E-state index in [2.05, 4.69) is 4.98 Å². The summed E-state index contributed by atoms with van der Waals surface area (Å²) in [6.45, 7) is 3.32. The minimum Gasteiger partial charge on any atom is -0.337 e.